The molecule has 1 heterocycles. The van der Waals surface area contributed by atoms with Crippen molar-refractivity contribution in [1.82, 2.24) is 4.90 Å². The van der Waals surface area contributed by atoms with Crippen LogP contribution >= 0.6 is 0 Å². The van der Waals surface area contributed by atoms with E-state index in [2.05, 4.69) is 17.9 Å². The Morgan fingerprint density at radius 2 is 2.05 bits per heavy atom. The Bertz CT molecular complexity index is 512. The Morgan fingerprint density at radius 3 is 2.60 bits per heavy atom. The topological polar surface area (TPSA) is 27.0 Å². The summed E-state index contributed by atoms with van der Waals surface area (Å²) in [5.74, 6) is 0.571. The molecule has 1 unspecified atom stereocenters. The van der Waals surface area contributed by atoms with Crippen molar-refractivity contribution in [2.45, 2.75) is 45.6 Å². The molecule has 0 N–H and O–H groups in total. The van der Waals surface area contributed by atoms with Crippen molar-refractivity contribution in [3.05, 3.63) is 35.1 Å². The number of benzene rings is 1. The number of nitrogens with zero attached hydrogens (tertiary/aromatic N) is 2. The predicted octanol–water partition coefficient (Wildman–Crippen LogP) is 3.69. The maximum absolute atomic E-state index is 13.3. The van der Waals surface area contributed by atoms with E-state index in [1.165, 1.54) is 6.07 Å². The molecule has 108 valence electrons. The monoisotopic (exact) mass is 274 g/mol. The molecule has 0 amide bonds. The van der Waals surface area contributed by atoms with Crippen LogP contribution in [0.15, 0.2) is 18.2 Å². The molecule has 1 aliphatic rings. The van der Waals surface area contributed by atoms with Crippen LogP contribution in [0, 0.1) is 30.0 Å². The van der Waals surface area contributed by atoms with Gasteiger partial charge in [0.1, 0.15) is 11.4 Å². The first kappa shape index (κ1) is 15.0. The number of rotatable bonds is 3. The summed E-state index contributed by atoms with van der Waals surface area (Å²) >= 11 is 0. The van der Waals surface area contributed by atoms with Crippen molar-refractivity contribution in [3.63, 3.8) is 0 Å². The maximum atomic E-state index is 13.3. The van der Waals surface area contributed by atoms with Crippen LogP contribution < -0.4 is 0 Å². The Kier molecular flexibility index (Phi) is 4.45. The second-order valence-electron chi connectivity index (χ2n) is 6.32. The summed E-state index contributed by atoms with van der Waals surface area (Å²) in [5.41, 5.74) is 1.19. The third kappa shape index (κ3) is 3.19. The standard InChI is InChI=1S/C17H23FN2/c1-13-6-8-20(9-7-13)17(3,12-19)11-15-4-5-16(18)14(2)10-15/h4-5,10,13H,6-9,11H2,1-3H3. The van der Waals surface area contributed by atoms with Crippen LogP contribution in [0.3, 0.4) is 0 Å². The second-order valence-corrected chi connectivity index (χ2v) is 6.32. The van der Waals surface area contributed by atoms with Crippen LogP contribution in [-0.4, -0.2) is 23.5 Å². The summed E-state index contributed by atoms with van der Waals surface area (Å²) < 4.78 is 13.3. The molecule has 2 nitrogen and oxygen atoms in total. The van der Waals surface area contributed by atoms with E-state index in [1.54, 1.807) is 13.0 Å². The van der Waals surface area contributed by atoms with Crippen molar-refractivity contribution >= 4 is 0 Å². The van der Waals surface area contributed by atoms with Gasteiger partial charge in [0.05, 0.1) is 6.07 Å². The number of nitriles is 1. The van der Waals surface area contributed by atoms with E-state index in [0.29, 0.717) is 12.0 Å². The molecule has 0 spiro atoms. The second kappa shape index (κ2) is 5.93. The van der Waals surface area contributed by atoms with Gasteiger partial charge in [-0.3, -0.25) is 4.90 Å². The van der Waals surface area contributed by atoms with Gasteiger partial charge < -0.3 is 0 Å². The summed E-state index contributed by atoms with van der Waals surface area (Å²) in [7, 11) is 0. The van der Waals surface area contributed by atoms with Gasteiger partial charge in [-0.2, -0.15) is 5.26 Å². The first-order valence-electron chi connectivity index (χ1n) is 7.36. The SMILES string of the molecule is Cc1cc(CC(C)(C#N)N2CCC(C)CC2)ccc1F. The molecule has 1 aliphatic heterocycles. The Labute approximate surface area is 121 Å². The third-order valence-corrected chi connectivity index (χ3v) is 4.49. The summed E-state index contributed by atoms with van der Waals surface area (Å²) in [5, 5.41) is 9.62. The Morgan fingerprint density at radius 1 is 1.40 bits per heavy atom. The largest absolute Gasteiger partial charge is 0.285 e. The molecule has 1 aromatic rings. The minimum Gasteiger partial charge on any atom is -0.285 e. The first-order valence-corrected chi connectivity index (χ1v) is 7.36. The third-order valence-electron chi connectivity index (χ3n) is 4.49. The molecule has 0 radical (unpaired) electrons. The Balaban J connectivity index is 2.14. The smallest absolute Gasteiger partial charge is 0.126 e. The highest BCUT2D eigenvalue weighted by molar-refractivity contribution is 5.27. The number of likely N-dealkylation sites (tertiary alicyclic amines) is 1. The number of halogens is 1. The van der Waals surface area contributed by atoms with Crippen LogP contribution in [0.5, 0.6) is 0 Å². The van der Waals surface area contributed by atoms with Gasteiger partial charge >= 0.3 is 0 Å². The van der Waals surface area contributed by atoms with Crippen molar-refractivity contribution in [3.8, 4) is 6.07 Å². The molecular weight excluding hydrogens is 251 g/mol. The van der Waals surface area contributed by atoms with E-state index in [1.807, 2.05) is 13.0 Å². The van der Waals surface area contributed by atoms with E-state index in [-0.39, 0.29) is 5.82 Å². The van der Waals surface area contributed by atoms with Gasteiger partial charge in [-0.05, 0) is 62.9 Å². The lowest BCUT2D eigenvalue weighted by Crippen LogP contribution is -2.50. The number of hydrogen-bond donors (Lipinski definition) is 0. The number of aryl methyl sites for hydroxylation is 1. The van der Waals surface area contributed by atoms with Crippen LogP contribution in [0.2, 0.25) is 0 Å². The molecule has 1 saturated heterocycles. The first-order chi connectivity index (χ1) is 9.44. The highest BCUT2D eigenvalue weighted by Gasteiger charge is 2.34. The van der Waals surface area contributed by atoms with Gasteiger partial charge in [-0.1, -0.05) is 19.1 Å². The fourth-order valence-electron chi connectivity index (χ4n) is 2.94. The van der Waals surface area contributed by atoms with Gasteiger partial charge in [-0.15, -0.1) is 0 Å². The van der Waals surface area contributed by atoms with Crippen molar-refractivity contribution < 1.29 is 4.39 Å². The normalized spacial score (nSPS) is 20.4. The van der Waals surface area contributed by atoms with Gasteiger partial charge in [-0.25, -0.2) is 4.39 Å². The van der Waals surface area contributed by atoms with E-state index in [4.69, 9.17) is 0 Å². The maximum Gasteiger partial charge on any atom is 0.126 e. The highest BCUT2D eigenvalue weighted by Crippen LogP contribution is 2.27. The van der Waals surface area contributed by atoms with E-state index < -0.39 is 5.54 Å². The summed E-state index contributed by atoms with van der Waals surface area (Å²) in [4.78, 5) is 2.28. The zero-order valence-electron chi connectivity index (χ0n) is 12.6. The number of hydrogen-bond acceptors (Lipinski definition) is 2. The molecule has 0 aliphatic carbocycles. The molecule has 1 atom stereocenters. The van der Waals surface area contributed by atoms with Crippen molar-refractivity contribution in [1.29, 1.82) is 5.26 Å². The van der Waals surface area contributed by atoms with Gasteiger partial charge in [0.2, 0.25) is 0 Å². The quantitative estimate of drug-likeness (QED) is 0.840. The highest BCUT2D eigenvalue weighted by atomic mass is 19.1. The summed E-state index contributed by atoms with van der Waals surface area (Å²) in [6, 6.07) is 7.63. The fraction of sp³-hybridized carbons (Fsp3) is 0.588. The van der Waals surface area contributed by atoms with Gasteiger partial charge in [0.15, 0.2) is 0 Å². The average Bonchev–Trinajstić information content (AvgIpc) is 2.43. The zero-order chi connectivity index (χ0) is 14.8. The van der Waals surface area contributed by atoms with Crippen molar-refractivity contribution in [2.75, 3.05) is 13.1 Å². The molecule has 3 heteroatoms. The minimum atomic E-state index is -0.496. The molecule has 0 bridgehead atoms. The van der Waals surface area contributed by atoms with Crippen molar-refractivity contribution in [2.24, 2.45) is 5.92 Å². The Hall–Kier alpha value is -1.40. The summed E-state index contributed by atoms with van der Waals surface area (Å²) in [6.07, 6.45) is 2.96. The zero-order valence-corrected chi connectivity index (χ0v) is 12.6. The molecule has 20 heavy (non-hydrogen) atoms. The van der Waals surface area contributed by atoms with Crippen LogP contribution in [0.1, 0.15) is 37.8 Å². The molecule has 0 aromatic heterocycles. The lowest BCUT2D eigenvalue weighted by molar-refractivity contribution is 0.103. The van der Waals surface area contributed by atoms with Crippen LogP contribution in [0.25, 0.3) is 0 Å². The van der Waals surface area contributed by atoms with Gasteiger partial charge in [0, 0.05) is 6.42 Å². The fourth-order valence-corrected chi connectivity index (χ4v) is 2.94. The van der Waals surface area contributed by atoms with Gasteiger partial charge in [0.25, 0.3) is 0 Å². The minimum absolute atomic E-state index is 0.181. The van der Waals surface area contributed by atoms with E-state index in [0.717, 1.165) is 37.4 Å². The average molecular weight is 274 g/mol. The van der Waals surface area contributed by atoms with E-state index >= 15 is 0 Å². The molecule has 1 aromatic carbocycles. The van der Waals surface area contributed by atoms with E-state index in [9.17, 15) is 9.65 Å². The lowest BCUT2D eigenvalue weighted by atomic mass is 9.88. The lowest BCUT2D eigenvalue weighted by Gasteiger charge is -2.40. The molecule has 2 rings (SSSR count). The number of piperidine rings is 1. The molecule has 0 saturated carbocycles. The predicted molar refractivity (Wildman–Crippen MR) is 78.8 cm³/mol. The molecule has 1 fully saturated rings. The van der Waals surface area contributed by atoms with Crippen LogP contribution in [-0.2, 0) is 6.42 Å². The van der Waals surface area contributed by atoms with Crippen LogP contribution in [0.4, 0.5) is 4.39 Å². The summed E-state index contributed by atoms with van der Waals surface area (Å²) in [6.45, 7) is 7.99. The molecular formula is C17H23FN2.